The van der Waals surface area contributed by atoms with Gasteiger partial charge in [0.25, 0.3) is 0 Å². The highest BCUT2D eigenvalue weighted by molar-refractivity contribution is 7.99. The fourth-order valence-corrected chi connectivity index (χ4v) is 2.85. The van der Waals surface area contributed by atoms with E-state index in [9.17, 15) is 4.39 Å². The highest BCUT2D eigenvalue weighted by atomic mass is 32.2. The molecule has 3 nitrogen and oxygen atoms in total. The minimum atomic E-state index is -0.211. The molecule has 1 N–H and O–H groups in total. The van der Waals surface area contributed by atoms with Gasteiger partial charge in [0.05, 0.1) is 0 Å². The van der Waals surface area contributed by atoms with Crippen LogP contribution in [0.15, 0.2) is 40.3 Å². The summed E-state index contributed by atoms with van der Waals surface area (Å²) >= 11 is 1.36. The van der Waals surface area contributed by atoms with Gasteiger partial charge in [-0.25, -0.2) is 14.4 Å². The monoisotopic (exact) mass is 303 g/mol. The molecule has 1 saturated carbocycles. The van der Waals surface area contributed by atoms with Crippen molar-refractivity contribution in [1.29, 1.82) is 0 Å². The summed E-state index contributed by atoms with van der Waals surface area (Å²) in [5.74, 6) is 1.99. The van der Waals surface area contributed by atoms with Crippen LogP contribution >= 0.6 is 11.8 Å². The van der Waals surface area contributed by atoms with Crippen LogP contribution in [0.5, 0.6) is 0 Å². The van der Waals surface area contributed by atoms with E-state index >= 15 is 0 Å². The standard InChI is InChI=1S/C16H18FN3S/c1-2-9-18-14-10-15(20-16(19-14)11-7-8-11)21-13-6-4-3-5-12(13)17/h3-6,10-11H,2,7-9H2,1H3,(H,18,19,20). The number of nitrogens with one attached hydrogen (secondary N) is 1. The van der Waals surface area contributed by atoms with E-state index in [0.717, 1.165) is 42.5 Å². The summed E-state index contributed by atoms with van der Waals surface area (Å²) in [6.45, 7) is 3.00. The Hall–Kier alpha value is -1.62. The summed E-state index contributed by atoms with van der Waals surface area (Å²) in [5.41, 5.74) is 0. The van der Waals surface area contributed by atoms with Crippen molar-refractivity contribution in [3.8, 4) is 0 Å². The van der Waals surface area contributed by atoms with Crippen molar-refractivity contribution in [1.82, 2.24) is 9.97 Å². The molecule has 2 aromatic rings. The first kappa shape index (κ1) is 14.3. The molecule has 1 aliphatic rings. The predicted octanol–water partition coefficient (Wildman–Crippen LogP) is 4.47. The molecular formula is C16H18FN3S. The molecule has 0 atom stereocenters. The second-order valence-electron chi connectivity index (χ2n) is 5.18. The molecule has 110 valence electrons. The minimum Gasteiger partial charge on any atom is -0.370 e. The second kappa shape index (κ2) is 6.43. The maximum Gasteiger partial charge on any atom is 0.137 e. The Kier molecular flexibility index (Phi) is 4.39. The van der Waals surface area contributed by atoms with Gasteiger partial charge in [-0.2, -0.15) is 0 Å². The molecule has 1 aromatic carbocycles. The zero-order valence-corrected chi connectivity index (χ0v) is 12.8. The van der Waals surface area contributed by atoms with E-state index in [4.69, 9.17) is 0 Å². The maximum atomic E-state index is 13.8. The van der Waals surface area contributed by atoms with Crippen LogP contribution in [0.4, 0.5) is 10.2 Å². The molecule has 1 aromatic heterocycles. The van der Waals surface area contributed by atoms with Gasteiger partial charge in [0, 0.05) is 23.4 Å². The van der Waals surface area contributed by atoms with Crippen LogP contribution in [0.1, 0.15) is 37.9 Å². The average Bonchev–Trinajstić information content (AvgIpc) is 3.32. The van der Waals surface area contributed by atoms with Gasteiger partial charge >= 0.3 is 0 Å². The van der Waals surface area contributed by atoms with Crippen molar-refractivity contribution in [2.45, 2.75) is 42.0 Å². The summed E-state index contributed by atoms with van der Waals surface area (Å²) in [7, 11) is 0. The summed E-state index contributed by atoms with van der Waals surface area (Å²) in [6.07, 6.45) is 3.35. The average molecular weight is 303 g/mol. The maximum absolute atomic E-state index is 13.8. The van der Waals surface area contributed by atoms with Gasteiger partial charge < -0.3 is 5.32 Å². The summed E-state index contributed by atoms with van der Waals surface area (Å²) < 4.78 is 13.8. The third kappa shape index (κ3) is 3.73. The van der Waals surface area contributed by atoms with Crippen LogP contribution in [0.3, 0.4) is 0 Å². The second-order valence-corrected chi connectivity index (χ2v) is 6.25. The van der Waals surface area contributed by atoms with E-state index < -0.39 is 0 Å². The van der Waals surface area contributed by atoms with E-state index in [1.807, 2.05) is 12.1 Å². The number of anilines is 1. The van der Waals surface area contributed by atoms with Crippen LogP contribution in [0.2, 0.25) is 0 Å². The van der Waals surface area contributed by atoms with Gasteiger partial charge in [-0.05, 0) is 31.4 Å². The molecule has 0 aliphatic heterocycles. The van der Waals surface area contributed by atoms with Gasteiger partial charge in [-0.1, -0.05) is 30.8 Å². The number of nitrogens with zero attached hydrogens (tertiary/aromatic N) is 2. The van der Waals surface area contributed by atoms with Crippen molar-refractivity contribution in [3.05, 3.63) is 42.0 Å². The van der Waals surface area contributed by atoms with Crippen LogP contribution in [-0.2, 0) is 0 Å². The predicted molar refractivity (Wildman–Crippen MR) is 83.3 cm³/mol. The number of benzene rings is 1. The van der Waals surface area contributed by atoms with Crippen LogP contribution in [0, 0.1) is 5.82 Å². The minimum absolute atomic E-state index is 0.211. The highest BCUT2D eigenvalue weighted by Gasteiger charge is 2.27. The Bertz CT molecular complexity index is 629. The first-order chi connectivity index (χ1) is 10.3. The van der Waals surface area contributed by atoms with Gasteiger partial charge in [0.15, 0.2) is 0 Å². The molecule has 21 heavy (non-hydrogen) atoms. The van der Waals surface area contributed by atoms with Crippen molar-refractivity contribution in [2.24, 2.45) is 0 Å². The van der Waals surface area contributed by atoms with Crippen molar-refractivity contribution in [2.75, 3.05) is 11.9 Å². The number of rotatable bonds is 6. The Morgan fingerprint density at radius 1 is 1.29 bits per heavy atom. The number of hydrogen-bond donors (Lipinski definition) is 1. The first-order valence-corrected chi connectivity index (χ1v) is 8.13. The SMILES string of the molecule is CCCNc1cc(Sc2ccccc2F)nc(C2CC2)n1. The molecule has 1 fully saturated rings. The molecule has 0 amide bonds. The van der Waals surface area contributed by atoms with Gasteiger partial charge in [0.2, 0.25) is 0 Å². The van der Waals surface area contributed by atoms with E-state index in [2.05, 4.69) is 22.2 Å². The van der Waals surface area contributed by atoms with Gasteiger partial charge in [-0.3, -0.25) is 0 Å². The normalized spacial score (nSPS) is 14.2. The lowest BCUT2D eigenvalue weighted by molar-refractivity contribution is 0.602. The summed E-state index contributed by atoms with van der Waals surface area (Å²) in [6, 6.07) is 8.69. The molecule has 1 aliphatic carbocycles. The third-order valence-corrected chi connectivity index (χ3v) is 4.24. The van der Waals surface area contributed by atoms with E-state index in [-0.39, 0.29) is 5.82 Å². The Morgan fingerprint density at radius 3 is 2.81 bits per heavy atom. The Balaban J connectivity index is 1.86. The first-order valence-electron chi connectivity index (χ1n) is 7.31. The molecule has 5 heteroatoms. The molecule has 0 saturated heterocycles. The molecule has 0 radical (unpaired) electrons. The number of halogens is 1. The number of hydrogen-bond acceptors (Lipinski definition) is 4. The lowest BCUT2D eigenvalue weighted by Gasteiger charge is -2.09. The van der Waals surface area contributed by atoms with Gasteiger partial charge in [0.1, 0.15) is 22.5 Å². The summed E-state index contributed by atoms with van der Waals surface area (Å²) in [4.78, 5) is 9.75. The molecular weight excluding hydrogens is 285 g/mol. The third-order valence-electron chi connectivity index (χ3n) is 3.27. The molecule has 3 rings (SSSR count). The molecule has 0 unspecified atom stereocenters. The topological polar surface area (TPSA) is 37.8 Å². The van der Waals surface area contributed by atoms with Crippen LogP contribution in [-0.4, -0.2) is 16.5 Å². The molecule has 1 heterocycles. The lowest BCUT2D eigenvalue weighted by atomic mass is 10.3. The van der Waals surface area contributed by atoms with Crippen molar-refractivity contribution < 1.29 is 4.39 Å². The zero-order valence-electron chi connectivity index (χ0n) is 12.0. The fourth-order valence-electron chi connectivity index (χ4n) is 2.00. The smallest absolute Gasteiger partial charge is 0.137 e. The van der Waals surface area contributed by atoms with E-state index in [1.54, 1.807) is 12.1 Å². The van der Waals surface area contributed by atoms with E-state index in [1.165, 1.54) is 17.8 Å². The Morgan fingerprint density at radius 2 is 2.10 bits per heavy atom. The quantitative estimate of drug-likeness (QED) is 0.799. The summed E-state index contributed by atoms with van der Waals surface area (Å²) in [5, 5.41) is 4.10. The largest absolute Gasteiger partial charge is 0.370 e. The Labute approximate surface area is 128 Å². The lowest BCUT2D eigenvalue weighted by Crippen LogP contribution is -2.05. The molecule has 0 spiro atoms. The van der Waals surface area contributed by atoms with Gasteiger partial charge in [-0.15, -0.1) is 0 Å². The van der Waals surface area contributed by atoms with Crippen LogP contribution < -0.4 is 5.32 Å². The molecule has 0 bridgehead atoms. The highest BCUT2D eigenvalue weighted by Crippen LogP contribution is 2.40. The van der Waals surface area contributed by atoms with Crippen molar-refractivity contribution in [3.63, 3.8) is 0 Å². The van der Waals surface area contributed by atoms with Crippen LogP contribution in [0.25, 0.3) is 0 Å². The zero-order chi connectivity index (χ0) is 14.7. The van der Waals surface area contributed by atoms with Crippen molar-refractivity contribution >= 4 is 17.6 Å². The van der Waals surface area contributed by atoms with E-state index in [0.29, 0.717) is 10.8 Å². The number of aromatic nitrogens is 2. The fraction of sp³-hybridized carbons (Fsp3) is 0.375.